The Balaban J connectivity index is 1.60. The molecular formula is C23H24N4O2. The van der Waals surface area contributed by atoms with Gasteiger partial charge in [0.25, 0.3) is 5.91 Å². The van der Waals surface area contributed by atoms with Crippen molar-refractivity contribution in [1.29, 1.82) is 0 Å². The van der Waals surface area contributed by atoms with Crippen molar-refractivity contribution in [1.82, 2.24) is 20.1 Å². The van der Waals surface area contributed by atoms with Crippen LogP contribution in [-0.2, 0) is 4.79 Å². The molecule has 3 aromatic rings. The first-order valence-electron chi connectivity index (χ1n) is 9.79. The van der Waals surface area contributed by atoms with Crippen molar-refractivity contribution >= 4 is 12.0 Å². The Morgan fingerprint density at radius 3 is 2.72 bits per heavy atom. The molecule has 0 fully saturated rings. The fraction of sp³-hybridized carbons (Fsp3) is 0.261. The van der Waals surface area contributed by atoms with Crippen LogP contribution >= 0.6 is 0 Å². The average molecular weight is 388 g/mol. The lowest BCUT2D eigenvalue weighted by Crippen LogP contribution is -2.43. The maximum atomic E-state index is 13.0. The van der Waals surface area contributed by atoms with Crippen LogP contribution in [-0.4, -0.2) is 33.3 Å². The molecule has 1 N–H and O–H groups in total. The quantitative estimate of drug-likeness (QED) is 0.701. The number of benzene rings is 2. The molecule has 1 aliphatic heterocycles. The number of ether oxygens (including phenoxy) is 1. The van der Waals surface area contributed by atoms with E-state index in [1.165, 1.54) is 11.9 Å². The van der Waals surface area contributed by atoms with Gasteiger partial charge < -0.3 is 10.1 Å². The average Bonchev–Trinajstić information content (AvgIpc) is 3.28. The smallest absolute Gasteiger partial charge is 0.250 e. The maximum Gasteiger partial charge on any atom is 0.250 e. The van der Waals surface area contributed by atoms with E-state index in [-0.39, 0.29) is 24.6 Å². The van der Waals surface area contributed by atoms with Gasteiger partial charge in [0.1, 0.15) is 25.0 Å². The number of para-hydroxylation sites is 1. The maximum absolute atomic E-state index is 13.0. The van der Waals surface area contributed by atoms with Crippen LogP contribution < -0.4 is 10.1 Å². The van der Waals surface area contributed by atoms with Gasteiger partial charge in [-0.2, -0.15) is 5.10 Å². The van der Waals surface area contributed by atoms with Crippen LogP contribution in [0.4, 0.5) is 0 Å². The molecule has 0 saturated heterocycles. The Hall–Kier alpha value is -3.41. The van der Waals surface area contributed by atoms with E-state index < -0.39 is 0 Å². The van der Waals surface area contributed by atoms with E-state index in [2.05, 4.69) is 53.5 Å². The van der Waals surface area contributed by atoms with Crippen LogP contribution in [0, 0.1) is 6.92 Å². The molecule has 0 bridgehead atoms. The molecule has 2 aromatic carbocycles. The van der Waals surface area contributed by atoms with Gasteiger partial charge in [0.2, 0.25) is 0 Å². The SMILES string of the molecule is CC[C@H](NC(=O)C1=Cc2ccccc2OC1)[C@H](c1ccc(C)cc1)n1cncn1. The van der Waals surface area contributed by atoms with Crippen LogP contribution in [0.1, 0.15) is 36.1 Å². The number of aromatic nitrogens is 3. The fourth-order valence-electron chi connectivity index (χ4n) is 3.61. The second-order valence-electron chi connectivity index (χ2n) is 7.22. The van der Waals surface area contributed by atoms with Crippen molar-refractivity contribution in [2.45, 2.75) is 32.4 Å². The number of aryl methyl sites for hydroxylation is 1. The lowest BCUT2D eigenvalue weighted by atomic mass is 9.96. The number of hydrogen-bond acceptors (Lipinski definition) is 4. The second-order valence-corrected chi connectivity index (χ2v) is 7.22. The van der Waals surface area contributed by atoms with Crippen LogP contribution in [0.25, 0.3) is 6.08 Å². The van der Waals surface area contributed by atoms with Crippen molar-refractivity contribution in [3.05, 3.63) is 83.4 Å². The second kappa shape index (κ2) is 8.31. The molecule has 2 atom stereocenters. The molecule has 0 saturated carbocycles. The summed E-state index contributed by atoms with van der Waals surface area (Å²) >= 11 is 0. The molecule has 0 radical (unpaired) electrons. The molecule has 0 spiro atoms. The first-order valence-corrected chi connectivity index (χ1v) is 9.79. The molecule has 6 heteroatoms. The molecule has 1 aromatic heterocycles. The Labute approximate surface area is 170 Å². The van der Waals surface area contributed by atoms with Gasteiger partial charge in [-0.15, -0.1) is 0 Å². The minimum absolute atomic E-state index is 0.122. The topological polar surface area (TPSA) is 69.0 Å². The van der Waals surface area contributed by atoms with Crippen molar-refractivity contribution < 1.29 is 9.53 Å². The largest absolute Gasteiger partial charge is 0.488 e. The lowest BCUT2D eigenvalue weighted by Gasteiger charge is -2.28. The third-order valence-corrected chi connectivity index (χ3v) is 5.20. The highest BCUT2D eigenvalue weighted by Gasteiger charge is 2.28. The van der Waals surface area contributed by atoms with E-state index in [0.717, 1.165) is 23.3 Å². The van der Waals surface area contributed by atoms with Gasteiger partial charge in [0.15, 0.2) is 0 Å². The Bertz CT molecular complexity index is 1010. The number of nitrogens with one attached hydrogen (secondary N) is 1. The zero-order valence-corrected chi connectivity index (χ0v) is 16.6. The summed E-state index contributed by atoms with van der Waals surface area (Å²) in [5, 5.41) is 7.54. The minimum atomic E-state index is -0.149. The summed E-state index contributed by atoms with van der Waals surface area (Å²) in [6.07, 6.45) is 5.86. The van der Waals surface area contributed by atoms with Crippen LogP contribution in [0.2, 0.25) is 0 Å². The van der Waals surface area contributed by atoms with E-state index in [4.69, 9.17) is 4.74 Å². The molecule has 4 rings (SSSR count). The molecule has 1 aliphatic rings. The normalized spacial score (nSPS) is 14.9. The highest BCUT2D eigenvalue weighted by atomic mass is 16.5. The Morgan fingerprint density at radius 1 is 1.21 bits per heavy atom. The third kappa shape index (κ3) is 4.06. The summed E-state index contributed by atoms with van der Waals surface area (Å²) in [5.74, 6) is 0.680. The predicted molar refractivity (Wildman–Crippen MR) is 111 cm³/mol. The molecule has 0 unspecified atom stereocenters. The highest BCUT2D eigenvalue weighted by Crippen LogP contribution is 2.27. The first kappa shape index (κ1) is 18.9. The summed E-state index contributed by atoms with van der Waals surface area (Å²) < 4.78 is 7.55. The monoisotopic (exact) mass is 388 g/mol. The molecule has 6 nitrogen and oxygen atoms in total. The van der Waals surface area contributed by atoms with Crippen molar-refractivity contribution in [2.75, 3.05) is 6.61 Å². The summed E-state index contributed by atoms with van der Waals surface area (Å²) in [6, 6.07) is 15.7. The molecular weight excluding hydrogens is 364 g/mol. The van der Waals surface area contributed by atoms with Crippen molar-refractivity contribution in [3.63, 3.8) is 0 Å². The Kier molecular flexibility index (Phi) is 5.42. The number of amides is 1. The highest BCUT2D eigenvalue weighted by molar-refractivity contribution is 5.99. The van der Waals surface area contributed by atoms with Crippen LogP contribution in [0.15, 0.2) is 66.8 Å². The number of hydrogen-bond donors (Lipinski definition) is 1. The van der Waals surface area contributed by atoms with E-state index in [1.807, 2.05) is 30.3 Å². The van der Waals surface area contributed by atoms with Gasteiger partial charge in [-0.1, -0.05) is 55.0 Å². The summed E-state index contributed by atoms with van der Waals surface area (Å²) in [4.78, 5) is 17.1. The number of carbonyl (C=O) groups is 1. The van der Waals surface area contributed by atoms with Crippen molar-refractivity contribution in [3.8, 4) is 5.75 Å². The standard InChI is InChI=1S/C23H24N4O2/c1-3-20(22(27-15-24-14-25-27)17-10-8-16(2)9-11-17)26-23(28)19-12-18-6-4-5-7-21(18)29-13-19/h4-12,14-15,20,22H,3,13H2,1-2H3,(H,26,28)/t20-,22-/m0/s1. The van der Waals surface area contributed by atoms with Crippen LogP contribution in [0.5, 0.6) is 5.75 Å². The van der Waals surface area contributed by atoms with Gasteiger partial charge in [-0.3, -0.25) is 4.79 Å². The summed E-state index contributed by atoms with van der Waals surface area (Å²) in [5.41, 5.74) is 3.80. The van der Waals surface area contributed by atoms with Crippen LogP contribution in [0.3, 0.4) is 0 Å². The molecule has 148 valence electrons. The number of rotatable bonds is 6. The van der Waals surface area contributed by atoms with Gasteiger partial charge in [0, 0.05) is 5.56 Å². The van der Waals surface area contributed by atoms with Gasteiger partial charge in [-0.25, -0.2) is 9.67 Å². The van der Waals surface area contributed by atoms with Gasteiger partial charge in [0.05, 0.1) is 17.7 Å². The minimum Gasteiger partial charge on any atom is -0.488 e. The number of carbonyl (C=O) groups excluding carboxylic acids is 1. The first-order chi connectivity index (χ1) is 14.2. The zero-order chi connectivity index (χ0) is 20.2. The number of fused-ring (bicyclic) bond motifs is 1. The zero-order valence-electron chi connectivity index (χ0n) is 16.6. The van der Waals surface area contributed by atoms with E-state index in [1.54, 1.807) is 11.0 Å². The van der Waals surface area contributed by atoms with Crippen molar-refractivity contribution in [2.24, 2.45) is 0 Å². The van der Waals surface area contributed by atoms with Gasteiger partial charge >= 0.3 is 0 Å². The fourth-order valence-corrected chi connectivity index (χ4v) is 3.61. The molecule has 0 aliphatic carbocycles. The third-order valence-electron chi connectivity index (χ3n) is 5.20. The molecule has 1 amide bonds. The molecule has 29 heavy (non-hydrogen) atoms. The lowest BCUT2D eigenvalue weighted by molar-refractivity contribution is -0.118. The summed E-state index contributed by atoms with van der Waals surface area (Å²) in [7, 11) is 0. The predicted octanol–water partition coefficient (Wildman–Crippen LogP) is 3.55. The van der Waals surface area contributed by atoms with E-state index in [9.17, 15) is 4.79 Å². The van der Waals surface area contributed by atoms with E-state index >= 15 is 0 Å². The summed E-state index contributed by atoms with van der Waals surface area (Å²) in [6.45, 7) is 4.38. The Morgan fingerprint density at radius 2 is 2.00 bits per heavy atom. The number of nitrogens with zero attached hydrogens (tertiary/aromatic N) is 3. The van der Waals surface area contributed by atoms with E-state index in [0.29, 0.717) is 5.57 Å². The molecule has 2 heterocycles. The van der Waals surface area contributed by atoms with Gasteiger partial charge in [-0.05, 0) is 31.1 Å².